The van der Waals surface area contributed by atoms with Crippen LogP contribution < -0.4 is 5.32 Å². The SMILES string of the molecule is CCc1cnc2nc(C3CCNC3)nn2c1. The molecule has 5 nitrogen and oxygen atoms in total. The van der Waals surface area contributed by atoms with Crippen LogP contribution in [0.25, 0.3) is 5.78 Å². The second-order valence-corrected chi connectivity index (χ2v) is 4.22. The van der Waals surface area contributed by atoms with Crippen LogP contribution in [0.3, 0.4) is 0 Å². The third kappa shape index (κ3) is 1.57. The highest BCUT2D eigenvalue weighted by molar-refractivity contribution is 5.28. The third-order valence-corrected chi connectivity index (χ3v) is 3.10. The van der Waals surface area contributed by atoms with Crippen molar-refractivity contribution in [3.8, 4) is 0 Å². The van der Waals surface area contributed by atoms with E-state index in [2.05, 4.69) is 27.3 Å². The van der Waals surface area contributed by atoms with Crippen molar-refractivity contribution in [2.24, 2.45) is 0 Å². The molecule has 16 heavy (non-hydrogen) atoms. The van der Waals surface area contributed by atoms with Gasteiger partial charge in [-0.1, -0.05) is 6.92 Å². The van der Waals surface area contributed by atoms with Crippen LogP contribution in [-0.2, 0) is 6.42 Å². The zero-order valence-electron chi connectivity index (χ0n) is 9.35. The summed E-state index contributed by atoms with van der Waals surface area (Å²) in [6.07, 6.45) is 5.99. The second kappa shape index (κ2) is 3.83. The molecular weight excluding hydrogens is 202 g/mol. The first-order valence-corrected chi connectivity index (χ1v) is 5.78. The van der Waals surface area contributed by atoms with Crippen molar-refractivity contribution in [1.29, 1.82) is 0 Å². The highest BCUT2D eigenvalue weighted by Crippen LogP contribution is 2.19. The molecule has 0 aromatic carbocycles. The Morgan fingerprint density at radius 3 is 3.25 bits per heavy atom. The molecule has 0 saturated carbocycles. The average Bonchev–Trinajstić information content (AvgIpc) is 2.96. The highest BCUT2D eigenvalue weighted by Gasteiger charge is 2.21. The summed E-state index contributed by atoms with van der Waals surface area (Å²) in [7, 11) is 0. The van der Waals surface area contributed by atoms with Gasteiger partial charge in [-0.3, -0.25) is 0 Å². The van der Waals surface area contributed by atoms with Crippen molar-refractivity contribution in [3.05, 3.63) is 23.8 Å². The van der Waals surface area contributed by atoms with Crippen LogP contribution >= 0.6 is 0 Å². The quantitative estimate of drug-likeness (QED) is 0.807. The number of fused-ring (bicyclic) bond motifs is 1. The smallest absolute Gasteiger partial charge is 0.252 e. The van der Waals surface area contributed by atoms with Crippen LogP contribution in [0.1, 0.15) is 30.7 Å². The molecule has 3 heterocycles. The van der Waals surface area contributed by atoms with Crippen LogP contribution in [0.4, 0.5) is 0 Å². The topological polar surface area (TPSA) is 55.1 Å². The Bertz CT molecular complexity index is 498. The van der Waals surface area contributed by atoms with Gasteiger partial charge in [0.05, 0.1) is 0 Å². The van der Waals surface area contributed by atoms with Gasteiger partial charge in [0.1, 0.15) is 0 Å². The van der Waals surface area contributed by atoms with Crippen LogP contribution in [0.2, 0.25) is 0 Å². The summed E-state index contributed by atoms with van der Waals surface area (Å²) in [5.41, 5.74) is 1.19. The molecule has 0 bridgehead atoms. The zero-order chi connectivity index (χ0) is 11.0. The zero-order valence-corrected chi connectivity index (χ0v) is 9.35. The molecule has 1 unspecified atom stereocenters. The molecule has 2 aromatic heterocycles. The largest absolute Gasteiger partial charge is 0.316 e. The second-order valence-electron chi connectivity index (χ2n) is 4.22. The number of nitrogens with one attached hydrogen (secondary N) is 1. The fraction of sp³-hybridized carbons (Fsp3) is 0.545. The van der Waals surface area contributed by atoms with Gasteiger partial charge in [0.15, 0.2) is 5.82 Å². The molecular formula is C11H15N5. The molecule has 84 valence electrons. The number of rotatable bonds is 2. The standard InChI is InChI=1S/C11H15N5/c1-2-8-5-13-11-14-10(15-16(11)7-8)9-3-4-12-6-9/h5,7,9,12H,2-4,6H2,1H3. The first-order chi connectivity index (χ1) is 7.86. The summed E-state index contributed by atoms with van der Waals surface area (Å²) < 4.78 is 1.80. The Morgan fingerprint density at radius 2 is 2.50 bits per heavy atom. The number of aryl methyl sites for hydroxylation is 1. The van der Waals surface area contributed by atoms with Crippen molar-refractivity contribution in [3.63, 3.8) is 0 Å². The Balaban J connectivity index is 2.01. The summed E-state index contributed by atoms with van der Waals surface area (Å²) in [6.45, 7) is 4.16. The van der Waals surface area contributed by atoms with E-state index in [9.17, 15) is 0 Å². The molecule has 1 saturated heterocycles. The van der Waals surface area contributed by atoms with Crippen molar-refractivity contribution in [2.75, 3.05) is 13.1 Å². The van der Waals surface area contributed by atoms with Gasteiger partial charge in [0.25, 0.3) is 5.78 Å². The minimum atomic E-state index is 0.451. The number of aromatic nitrogens is 4. The molecule has 1 fully saturated rings. The van der Waals surface area contributed by atoms with Crippen LogP contribution in [0, 0.1) is 0 Å². The maximum Gasteiger partial charge on any atom is 0.252 e. The van der Waals surface area contributed by atoms with Crippen molar-refractivity contribution >= 4 is 5.78 Å². The van der Waals surface area contributed by atoms with Gasteiger partial charge >= 0.3 is 0 Å². The van der Waals surface area contributed by atoms with Gasteiger partial charge in [-0.25, -0.2) is 9.50 Å². The van der Waals surface area contributed by atoms with Crippen molar-refractivity contribution < 1.29 is 0 Å². The summed E-state index contributed by atoms with van der Waals surface area (Å²) in [5, 5.41) is 7.83. The van der Waals surface area contributed by atoms with Gasteiger partial charge in [-0.2, -0.15) is 4.98 Å². The average molecular weight is 217 g/mol. The van der Waals surface area contributed by atoms with Gasteiger partial charge in [-0.05, 0) is 24.9 Å². The lowest BCUT2D eigenvalue weighted by atomic mass is 10.1. The molecule has 1 aliphatic heterocycles. The molecule has 0 radical (unpaired) electrons. The Morgan fingerprint density at radius 1 is 1.56 bits per heavy atom. The van der Waals surface area contributed by atoms with Crippen LogP contribution in [-0.4, -0.2) is 32.7 Å². The summed E-state index contributed by atoms with van der Waals surface area (Å²) >= 11 is 0. The molecule has 1 atom stereocenters. The molecule has 1 N–H and O–H groups in total. The first kappa shape index (κ1) is 9.72. The molecule has 5 heteroatoms. The third-order valence-electron chi connectivity index (χ3n) is 3.10. The predicted molar refractivity (Wildman–Crippen MR) is 60.4 cm³/mol. The number of hydrogen-bond donors (Lipinski definition) is 1. The van der Waals surface area contributed by atoms with E-state index in [4.69, 9.17) is 0 Å². The molecule has 1 aliphatic rings. The maximum absolute atomic E-state index is 4.51. The Hall–Kier alpha value is -1.49. The maximum atomic E-state index is 4.51. The number of nitrogens with zero attached hydrogens (tertiary/aromatic N) is 4. The van der Waals surface area contributed by atoms with E-state index < -0.39 is 0 Å². The normalized spacial score (nSPS) is 20.7. The van der Waals surface area contributed by atoms with Crippen LogP contribution in [0.15, 0.2) is 12.4 Å². The van der Waals surface area contributed by atoms with E-state index in [0.29, 0.717) is 11.7 Å². The predicted octanol–water partition coefficient (Wildman–Crippen LogP) is 0.764. The first-order valence-electron chi connectivity index (χ1n) is 5.78. The Labute approximate surface area is 93.9 Å². The molecule has 3 rings (SSSR count). The fourth-order valence-corrected chi connectivity index (χ4v) is 2.07. The molecule has 2 aromatic rings. The van der Waals surface area contributed by atoms with E-state index in [0.717, 1.165) is 31.8 Å². The summed E-state index contributed by atoms with van der Waals surface area (Å²) in [5.74, 6) is 2.08. The molecule has 0 aliphatic carbocycles. The van der Waals surface area contributed by atoms with E-state index in [1.54, 1.807) is 4.52 Å². The monoisotopic (exact) mass is 217 g/mol. The van der Waals surface area contributed by atoms with Gasteiger partial charge < -0.3 is 5.32 Å². The van der Waals surface area contributed by atoms with E-state index in [-0.39, 0.29) is 0 Å². The van der Waals surface area contributed by atoms with Crippen LogP contribution in [0.5, 0.6) is 0 Å². The molecule has 0 spiro atoms. The Kier molecular flexibility index (Phi) is 2.32. The van der Waals surface area contributed by atoms with E-state index in [1.807, 2.05) is 12.4 Å². The lowest BCUT2D eigenvalue weighted by Crippen LogP contribution is -2.08. The van der Waals surface area contributed by atoms with Gasteiger partial charge in [-0.15, -0.1) is 5.10 Å². The van der Waals surface area contributed by atoms with Crippen molar-refractivity contribution in [2.45, 2.75) is 25.7 Å². The highest BCUT2D eigenvalue weighted by atomic mass is 15.3. The van der Waals surface area contributed by atoms with Gasteiger partial charge in [0, 0.05) is 24.9 Å². The lowest BCUT2D eigenvalue weighted by molar-refractivity contribution is 0.698. The lowest BCUT2D eigenvalue weighted by Gasteiger charge is -1.99. The van der Waals surface area contributed by atoms with Crippen molar-refractivity contribution in [1.82, 2.24) is 24.9 Å². The summed E-state index contributed by atoms with van der Waals surface area (Å²) in [4.78, 5) is 8.78. The van der Waals surface area contributed by atoms with E-state index >= 15 is 0 Å². The van der Waals surface area contributed by atoms with E-state index in [1.165, 1.54) is 5.56 Å². The minimum absolute atomic E-state index is 0.451. The van der Waals surface area contributed by atoms with Gasteiger partial charge in [0.2, 0.25) is 0 Å². The minimum Gasteiger partial charge on any atom is -0.316 e. The number of hydrogen-bond acceptors (Lipinski definition) is 4. The fourth-order valence-electron chi connectivity index (χ4n) is 2.07. The molecule has 0 amide bonds. The summed E-state index contributed by atoms with van der Waals surface area (Å²) in [6, 6.07) is 0.